The first-order valence-electron chi connectivity index (χ1n) is 5.26. The number of hydrogen-bond acceptors (Lipinski definition) is 3. The average Bonchev–Trinajstić information content (AvgIpc) is 2.19. The van der Waals surface area contributed by atoms with E-state index in [2.05, 4.69) is 0 Å². The van der Waals surface area contributed by atoms with Gasteiger partial charge in [0.2, 0.25) is 0 Å². The Morgan fingerprint density at radius 3 is 2.13 bits per heavy atom. The summed E-state index contributed by atoms with van der Waals surface area (Å²) in [7, 11) is -4.59. The number of rotatable bonds is 5. The monoisotopic (exact) mass is 230 g/mol. The maximum atomic E-state index is 9.92. The van der Waals surface area contributed by atoms with E-state index in [1.165, 1.54) is 0 Å². The van der Waals surface area contributed by atoms with Crippen LogP contribution in [-0.4, -0.2) is 20.8 Å². The van der Waals surface area contributed by atoms with Crippen LogP contribution in [0.5, 0.6) is 0 Å². The third-order valence-electron chi connectivity index (χ3n) is 2.46. The van der Waals surface area contributed by atoms with Gasteiger partial charge in [-0.1, -0.05) is 0 Å². The van der Waals surface area contributed by atoms with Crippen LogP contribution in [0.25, 0.3) is 0 Å². The van der Waals surface area contributed by atoms with E-state index in [9.17, 15) is 14.7 Å². The second-order valence-electron chi connectivity index (χ2n) is 3.92. The number of unbranched alkanes of at least 4 members (excludes halogenated alkanes) is 2. The molecule has 0 saturated heterocycles. The van der Waals surface area contributed by atoms with Gasteiger partial charge in [0.25, 0.3) is 0 Å². The van der Waals surface area contributed by atoms with Crippen LogP contribution in [0.15, 0.2) is 30.3 Å². The molecule has 0 heterocycles. The molecule has 0 fully saturated rings. The maximum absolute atomic E-state index is 9.92. The van der Waals surface area contributed by atoms with E-state index in [1.54, 1.807) is 30.3 Å². The number of benzene rings is 1. The van der Waals surface area contributed by atoms with Crippen molar-refractivity contribution in [2.75, 3.05) is 6.16 Å². The first kappa shape index (κ1) is 12.6. The molecule has 4 heteroatoms. The summed E-state index contributed by atoms with van der Waals surface area (Å²) in [5.41, 5.74) is 0. The van der Waals surface area contributed by atoms with Crippen molar-refractivity contribution >= 4 is 12.6 Å². The molecule has 1 aromatic rings. The zero-order valence-electron chi connectivity index (χ0n) is 9.00. The van der Waals surface area contributed by atoms with E-state index < -0.39 is 7.28 Å². The summed E-state index contributed by atoms with van der Waals surface area (Å²) in [5.74, 6) is 0. The molecule has 3 nitrogen and oxygen atoms in total. The van der Waals surface area contributed by atoms with Crippen molar-refractivity contribution in [1.29, 1.82) is 0 Å². The standard InChI is InChI=1S/C11H19O3P/c1-2-3-7-10-15(12,13,14)11-8-5-4-6-9-11/h4-6,8-9,12-14H,2-3,7,10H2,1H3. The van der Waals surface area contributed by atoms with Crippen LogP contribution in [-0.2, 0) is 0 Å². The summed E-state index contributed by atoms with van der Waals surface area (Å²) in [5, 5.41) is 0.250. The Morgan fingerprint density at radius 2 is 1.60 bits per heavy atom. The Hall–Kier alpha value is -0.470. The average molecular weight is 230 g/mol. The quantitative estimate of drug-likeness (QED) is 0.533. The molecule has 0 radical (unpaired) electrons. The molecule has 0 amide bonds. The van der Waals surface area contributed by atoms with Gasteiger partial charge in [0.15, 0.2) is 0 Å². The van der Waals surface area contributed by atoms with E-state index in [-0.39, 0.29) is 11.5 Å². The van der Waals surface area contributed by atoms with Crippen molar-refractivity contribution in [3.05, 3.63) is 30.3 Å². The van der Waals surface area contributed by atoms with E-state index in [0.717, 1.165) is 12.8 Å². The van der Waals surface area contributed by atoms with E-state index >= 15 is 0 Å². The Morgan fingerprint density at radius 1 is 1.00 bits per heavy atom. The summed E-state index contributed by atoms with van der Waals surface area (Å²) in [6, 6.07) is 8.29. The molecule has 0 saturated carbocycles. The predicted molar refractivity (Wildman–Crippen MR) is 64.0 cm³/mol. The molecular weight excluding hydrogens is 211 g/mol. The van der Waals surface area contributed by atoms with Crippen molar-refractivity contribution in [2.45, 2.75) is 26.2 Å². The van der Waals surface area contributed by atoms with Gasteiger partial charge in [-0.3, -0.25) is 0 Å². The molecule has 0 bridgehead atoms. The SMILES string of the molecule is CCCCCP(O)(O)(O)c1ccccc1. The normalized spacial score (nSPS) is 14.5. The minimum absolute atomic E-state index is 0.0590. The van der Waals surface area contributed by atoms with Crippen molar-refractivity contribution in [3.8, 4) is 0 Å². The third-order valence-corrected chi connectivity index (χ3v) is 4.95. The molecule has 0 aliphatic heterocycles. The molecule has 0 unspecified atom stereocenters. The molecule has 0 atom stereocenters. The second-order valence-corrected chi connectivity index (χ2v) is 7.18. The van der Waals surface area contributed by atoms with Gasteiger partial charge in [-0.25, -0.2) is 0 Å². The van der Waals surface area contributed by atoms with Crippen molar-refractivity contribution in [3.63, 3.8) is 0 Å². The Kier molecular flexibility index (Phi) is 3.85. The summed E-state index contributed by atoms with van der Waals surface area (Å²) in [4.78, 5) is 29.8. The third kappa shape index (κ3) is 3.54. The van der Waals surface area contributed by atoms with Crippen molar-refractivity contribution in [2.24, 2.45) is 0 Å². The van der Waals surface area contributed by atoms with E-state index in [0.29, 0.717) is 6.42 Å². The van der Waals surface area contributed by atoms with Gasteiger partial charge in [-0.15, -0.1) is 0 Å². The fourth-order valence-electron chi connectivity index (χ4n) is 1.52. The summed E-state index contributed by atoms with van der Waals surface area (Å²) >= 11 is 0. The van der Waals surface area contributed by atoms with Gasteiger partial charge in [0.05, 0.1) is 0 Å². The molecule has 0 aliphatic rings. The summed E-state index contributed by atoms with van der Waals surface area (Å²) in [6.07, 6.45) is 2.57. The minimum atomic E-state index is -4.59. The molecule has 86 valence electrons. The predicted octanol–water partition coefficient (Wildman–Crippen LogP) is 1.78. The summed E-state index contributed by atoms with van der Waals surface area (Å²) in [6.45, 7) is 2.03. The zero-order valence-corrected chi connectivity index (χ0v) is 9.90. The van der Waals surface area contributed by atoms with Crippen molar-refractivity contribution < 1.29 is 14.7 Å². The Balaban J connectivity index is 2.79. The molecule has 0 spiro atoms. The van der Waals surface area contributed by atoms with E-state index in [1.807, 2.05) is 6.92 Å². The molecule has 15 heavy (non-hydrogen) atoms. The number of hydrogen-bond donors (Lipinski definition) is 3. The molecule has 3 N–H and O–H groups in total. The topological polar surface area (TPSA) is 60.7 Å². The summed E-state index contributed by atoms with van der Waals surface area (Å²) < 4.78 is 0. The Labute approximate surface area is 90.6 Å². The zero-order chi connectivity index (χ0) is 11.4. The Bertz CT molecular complexity index is 303. The van der Waals surface area contributed by atoms with Gasteiger partial charge >= 0.3 is 89.9 Å². The molecular formula is C11H19O3P. The van der Waals surface area contributed by atoms with Gasteiger partial charge in [0, 0.05) is 0 Å². The van der Waals surface area contributed by atoms with Crippen LogP contribution in [0.1, 0.15) is 26.2 Å². The fraction of sp³-hybridized carbons (Fsp3) is 0.455. The van der Waals surface area contributed by atoms with Gasteiger partial charge in [-0.2, -0.15) is 0 Å². The molecule has 1 aromatic carbocycles. The second kappa shape index (κ2) is 4.58. The van der Waals surface area contributed by atoms with Crippen molar-refractivity contribution in [1.82, 2.24) is 0 Å². The van der Waals surface area contributed by atoms with Crippen LogP contribution in [0.2, 0.25) is 0 Å². The first-order chi connectivity index (χ1) is 6.94. The van der Waals surface area contributed by atoms with Crippen LogP contribution in [0.3, 0.4) is 0 Å². The van der Waals surface area contributed by atoms with Crippen LogP contribution in [0.4, 0.5) is 0 Å². The molecule has 1 rings (SSSR count). The first-order valence-corrected chi connectivity index (χ1v) is 7.54. The van der Waals surface area contributed by atoms with Gasteiger partial charge in [-0.05, 0) is 0 Å². The van der Waals surface area contributed by atoms with Gasteiger partial charge < -0.3 is 0 Å². The fourth-order valence-corrected chi connectivity index (χ4v) is 3.36. The van der Waals surface area contributed by atoms with E-state index in [4.69, 9.17) is 0 Å². The molecule has 0 aliphatic carbocycles. The van der Waals surface area contributed by atoms with Crippen LogP contribution in [0, 0.1) is 0 Å². The molecule has 0 aromatic heterocycles. The van der Waals surface area contributed by atoms with Crippen LogP contribution < -0.4 is 5.30 Å². The van der Waals surface area contributed by atoms with Gasteiger partial charge in [0.1, 0.15) is 0 Å². The van der Waals surface area contributed by atoms with Crippen LogP contribution >= 0.6 is 7.28 Å².